The van der Waals surface area contributed by atoms with Gasteiger partial charge in [0.15, 0.2) is 0 Å². The first-order chi connectivity index (χ1) is 9.78. The molecule has 0 radical (unpaired) electrons. The van der Waals surface area contributed by atoms with Crippen LogP contribution in [0, 0.1) is 29.5 Å². The number of nitrogens with zero attached hydrogens (tertiary/aromatic N) is 2. The fraction of sp³-hybridized carbons (Fsp3) is 0.562. The van der Waals surface area contributed by atoms with E-state index in [-0.39, 0.29) is 5.82 Å². The highest BCUT2D eigenvalue weighted by Gasteiger charge is 2.66. The average Bonchev–Trinajstić information content (AvgIpc) is 2.80. The molecule has 5 rings (SSSR count). The lowest BCUT2D eigenvalue weighted by atomic mass is 10.0. The Hall–Kier alpha value is -1.09. The molecular weight excluding hydrogens is 275 g/mol. The Morgan fingerprint density at radius 3 is 2.70 bits per heavy atom. The van der Waals surface area contributed by atoms with Gasteiger partial charge in [-0.3, -0.25) is 0 Å². The second-order valence-electron chi connectivity index (χ2n) is 6.64. The summed E-state index contributed by atoms with van der Waals surface area (Å²) in [5.41, 5.74) is 1.80. The van der Waals surface area contributed by atoms with E-state index in [0.29, 0.717) is 11.9 Å². The van der Waals surface area contributed by atoms with Crippen LogP contribution < -0.4 is 0 Å². The van der Waals surface area contributed by atoms with Crippen LogP contribution in [-0.4, -0.2) is 9.55 Å². The van der Waals surface area contributed by atoms with Gasteiger partial charge in [0.25, 0.3) is 0 Å². The van der Waals surface area contributed by atoms with Crippen molar-refractivity contribution >= 4 is 22.6 Å². The van der Waals surface area contributed by atoms with Gasteiger partial charge in [-0.2, -0.15) is 0 Å². The van der Waals surface area contributed by atoms with Crippen molar-refractivity contribution in [1.29, 1.82) is 0 Å². The van der Waals surface area contributed by atoms with Gasteiger partial charge in [0.05, 0.1) is 16.9 Å². The molecule has 3 saturated carbocycles. The normalized spacial score (nSPS) is 37.6. The van der Waals surface area contributed by atoms with Crippen LogP contribution in [0.5, 0.6) is 0 Å². The van der Waals surface area contributed by atoms with E-state index in [2.05, 4.69) is 9.55 Å². The lowest BCUT2D eigenvalue weighted by Gasteiger charge is -2.13. The van der Waals surface area contributed by atoms with Crippen LogP contribution in [-0.2, 0) is 5.88 Å². The standard InChI is InChI=1S/C16H16ClFN2/c17-7-13-19-11-4-3-10(18)6-12(11)20(13)16-14-8-1-2-9(5-8)15(14)16/h3-4,6,8-9,14-16H,1-2,5,7H2. The second-order valence-corrected chi connectivity index (χ2v) is 6.91. The summed E-state index contributed by atoms with van der Waals surface area (Å²) in [5.74, 6) is 4.52. The van der Waals surface area contributed by atoms with Crippen molar-refractivity contribution in [3.63, 3.8) is 0 Å². The van der Waals surface area contributed by atoms with Crippen LogP contribution >= 0.6 is 11.6 Å². The van der Waals surface area contributed by atoms with Gasteiger partial charge < -0.3 is 4.57 Å². The first kappa shape index (κ1) is 11.6. The van der Waals surface area contributed by atoms with Gasteiger partial charge in [-0.15, -0.1) is 11.6 Å². The monoisotopic (exact) mass is 290 g/mol. The molecule has 2 bridgehead atoms. The number of alkyl halides is 1. The van der Waals surface area contributed by atoms with Crippen LogP contribution in [0.25, 0.3) is 11.0 Å². The molecule has 1 heterocycles. The highest BCUT2D eigenvalue weighted by Crippen LogP contribution is 2.72. The van der Waals surface area contributed by atoms with Crippen LogP contribution in [0.1, 0.15) is 31.1 Å². The van der Waals surface area contributed by atoms with Crippen LogP contribution in [0.15, 0.2) is 18.2 Å². The van der Waals surface area contributed by atoms with E-state index >= 15 is 0 Å². The summed E-state index contributed by atoms with van der Waals surface area (Å²) in [6.07, 6.45) is 4.20. The van der Waals surface area contributed by atoms with Crippen molar-refractivity contribution in [3.05, 3.63) is 29.8 Å². The third-order valence-electron chi connectivity index (χ3n) is 5.84. The lowest BCUT2D eigenvalue weighted by Crippen LogP contribution is -2.07. The number of hydrogen-bond donors (Lipinski definition) is 0. The molecule has 3 fully saturated rings. The molecule has 3 aliphatic carbocycles. The topological polar surface area (TPSA) is 17.8 Å². The van der Waals surface area contributed by atoms with Crippen molar-refractivity contribution in [2.45, 2.75) is 31.2 Å². The molecule has 0 N–H and O–H groups in total. The minimum absolute atomic E-state index is 0.187. The smallest absolute Gasteiger partial charge is 0.125 e. The van der Waals surface area contributed by atoms with Gasteiger partial charge in [0.1, 0.15) is 11.6 Å². The summed E-state index contributed by atoms with van der Waals surface area (Å²) in [4.78, 5) is 4.60. The molecule has 1 aromatic heterocycles. The molecule has 4 atom stereocenters. The first-order valence-corrected chi connectivity index (χ1v) is 8.03. The summed E-state index contributed by atoms with van der Waals surface area (Å²) >= 11 is 6.08. The van der Waals surface area contributed by atoms with Gasteiger partial charge in [-0.25, -0.2) is 9.37 Å². The number of hydrogen-bond acceptors (Lipinski definition) is 1. The summed E-state index contributed by atoms with van der Waals surface area (Å²) in [6, 6.07) is 5.40. The van der Waals surface area contributed by atoms with Crippen molar-refractivity contribution in [2.24, 2.45) is 23.7 Å². The Labute approximate surface area is 121 Å². The van der Waals surface area contributed by atoms with E-state index in [4.69, 9.17) is 11.6 Å². The number of halogens is 2. The van der Waals surface area contributed by atoms with Gasteiger partial charge in [0.2, 0.25) is 0 Å². The van der Waals surface area contributed by atoms with E-state index in [9.17, 15) is 4.39 Å². The molecule has 4 heteroatoms. The Balaban J connectivity index is 1.67. The minimum Gasteiger partial charge on any atom is -0.323 e. The molecule has 1 aromatic carbocycles. The first-order valence-electron chi connectivity index (χ1n) is 7.50. The largest absolute Gasteiger partial charge is 0.323 e. The van der Waals surface area contributed by atoms with E-state index in [0.717, 1.165) is 40.5 Å². The fourth-order valence-corrected chi connectivity index (χ4v) is 5.36. The number of rotatable bonds is 2. The van der Waals surface area contributed by atoms with Crippen LogP contribution in [0.3, 0.4) is 0 Å². The lowest BCUT2D eigenvalue weighted by molar-refractivity contribution is 0.454. The molecule has 0 saturated heterocycles. The van der Waals surface area contributed by atoms with Crippen molar-refractivity contribution in [2.75, 3.05) is 0 Å². The van der Waals surface area contributed by atoms with Gasteiger partial charge in [-0.05, 0) is 61.1 Å². The summed E-state index contributed by atoms with van der Waals surface area (Å²) in [5, 5.41) is 0. The van der Waals surface area contributed by atoms with E-state index in [1.54, 1.807) is 12.1 Å². The number of aromatic nitrogens is 2. The fourth-order valence-electron chi connectivity index (χ4n) is 5.17. The molecule has 0 spiro atoms. The maximum absolute atomic E-state index is 13.6. The third kappa shape index (κ3) is 1.32. The molecule has 0 aliphatic heterocycles. The highest BCUT2D eigenvalue weighted by molar-refractivity contribution is 6.16. The SMILES string of the molecule is Fc1ccc2nc(CCl)n(C3C4C5CCC(C5)C43)c2c1. The molecule has 3 aliphatic rings. The van der Waals surface area contributed by atoms with Gasteiger partial charge >= 0.3 is 0 Å². The quantitative estimate of drug-likeness (QED) is 0.760. The second kappa shape index (κ2) is 3.76. The predicted molar refractivity (Wildman–Crippen MR) is 76.1 cm³/mol. The van der Waals surface area contributed by atoms with Crippen LogP contribution in [0.4, 0.5) is 4.39 Å². The molecular formula is C16H16ClFN2. The maximum atomic E-state index is 13.6. The Morgan fingerprint density at radius 1 is 1.25 bits per heavy atom. The molecule has 2 aromatic rings. The molecule has 104 valence electrons. The van der Waals surface area contributed by atoms with E-state index in [1.807, 2.05) is 0 Å². The zero-order valence-electron chi connectivity index (χ0n) is 11.1. The number of fused-ring (bicyclic) bond motifs is 6. The third-order valence-corrected chi connectivity index (χ3v) is 6.08. The van der Waals surface area contributed by atoms with Crippen molar-refractivity contribution in [3.8, 4) is 0 Å². The highest BCUT2D eigenvalue weighted by atomic mass is 35.5. The van der Waals surface area contributed by atoms with Gasteiger partial charge in [-0.1, -0.05) is 0 Å². The van der Waals surface area contributed by atoms with E-state index in [1.165, 1.54) is 25.3 Å². The molecule has 2 nitrogen and oxygen atoms in total. The Kier molecular flexibility index (Phi) is 2.17. The average molecular weight is 291 g/mol. The maximum Gasteiger partial charge on any atom is 0.125 e. The predicted octanol–water partition coefficient (Wildman–Crippen LogP) is 4.13. The molecule has 20 heavy (non-hydrogen) atoms. The number of imidazole rings is 1. The van der Waals surface area contributed by atoms with Crippen LogP contribution in [0.2, 0.25) is 0 Å². The minimum atomic E-state index is -0.187. The Bertz CT molecular complexity index is 694. The summed E-state index contributed by atoms with van der Waals surface area (Å²) < 4.78 is 15.9. The Morgan fingerprint density at radius 2 is 2.00 bits per heavy atom. The summed E-state index contributed by atoms with van der Waals surface area (Å²) in [6.45, 7) is 0. The number of benzene rings is 1. The van der Waals surface area contributed by atoms with Crippen molar-refractivity contribution in [1.82, 2.24) is 9.55 Å². The zero-order chi connectivity index (χ0) is 13.4. The zero-order valence-corrected chi connectivity index (χ0v) is 11.9. The summed E-state index contributed by atoms with van der Waals surface area (Å²) in [7, 11) is 0. The van der Waals surface area contributed by atoms with E-state index < -0.39 is 0 Å². The van der Waals surface area contributed by atoms with Crippen molar-refractivity contribution < 1.29 is 4.39 Å². The molecule has 0 amide bonds. The molecule has 4 unspecified atom stereocenters. The van der Waals surface area contributed by atoms with Gasteiger partial charge in [0, 0.05) is 6.04 Å².